The zero-order valence-corrected chi connectivity index (χ0v) is 13.0. The number of amides is 2. The molecule has 0 spiro atoms. The van der Waals surface area contributed by atoms with Gasteiger partial charge in [-0.25, -0.2) is 4.79 Å². The molecular formula is C18H24N2O. The number of rotatable bonds is 2. The highest BCUT2D eigenvalue weighted by Gasteiger charge is 2.34. The van der Waals surface area contributed by atoms with Crippen molar-refractivity contribution in [2.24, 2.45) is 5.92 Å². The molecule has 0 N–H and O–H groups in total. The first kappa shape index (κ1) is 14.2. The van der Waals surface area contributed by atoms with Crippen molar-refractivity contribution in [3.8, 4) is 0 Å². The predicted molar refractivity (Wildman–Crippen MR) is 85.0 cm³/mol. The van der Waals surface area contributed by atoms with Crippen molar-refractivity contribution < 1.29 is 4.79 Å². The maximum atomic E-state index is 12.5. The summed E-state index contributed by atoms with van der Waals surface area (Å²) in [6.07, 6.45) is 7.58. The molecule has 1 heterocycles. The van der Waals surface area contributed by atoms with Crippen LogP contribution < -0.4 is 0 Å². The van der Waals surface area contributed by atoms with E-state index in [0.717, 1.165) is 6.54 Å². The summed E-state index contributed by atoms with van der Waals surface area (Å²) in [6, 6.07) is 10.6. The molecule has 112 valence electrons. The molecule has 1 aromatic rings. The smallest absolute Gasteiger partial charge is 0.320 e. The first-order chi connectivity index (χ1) is 10.2. The monoisotopic (exact) mass is 284 g/mol. The highest BCUT2D eigenvalue weighted by molar-refractivity contribution is 5.76. The van der Waals surface area contributed by atoms with Gasteiger partial charge in [0.2, 0.25) is 0 Å². The lowest BCUT2D eigenvalue weighted by Gasteiger charge is -2.28. The number of hydrogen-bond donors (Lipinski definition) is 0. The summed E-state index contributed by atoms with van der Waals surface area (Å²) in [5.41, 5.74) is 2.68. The lowest BCUT2D eigenvalue weighted by Crippen LogP contribution is -2.39. The molecule has 21 heavy (non-hydrogen) atoms. The number of nitrogens with zero attached hydrogens (tertiary/aromatic N) is 2. The fourth-order valence-corrected chi connectivity index (χ4v) is 3.57. The molecule has 1 aromatic carbocycles. The number of carbonyl (C=O) groups excluding carboxylic acids is 1. The Labute approximate surface area is 127 Å². The second kappa shape index (κ2) is 5.92. The van der Waals surface area contributed by atoms with E-state index in [1.54, 1.807) is 4.90 Å². The molecular weight excluding hydrogens is 260 g/mol. The highest BCUT2D eigenvalue weighted by atomic mass is 16.2. The van der Waals surface area contributed by atoms with Crippen molar-refractivity contribution in [1.29, 1.82) is 0 Å². The van der Waals surface area contributed by atoms with Crippen LogP contribution in [0.5, 0.6) is 0 Å². The van der Waals surface area contributed by atoms with E-state index in [-0.39, 0.29) is 12.1 Å². The zero-order valence-electron chi connectivity index (χ0n) is 13.0. The Morgan fingerprint density at radius 2 is 1.81 bits per heavy atom. The van der Waals surface area contributed by atoms with Crippen molar-refractivity contribution in [1.82, 2.24) is 9.80 Å². The van der Waals surface area contributed by atoms with E-state index in [1.165, 1.54) is 36.8 Å². The Morgan fingerprint density at radius 1 is 1.14 bits per heavy atom. The minimum Gasteiger partial charge on any atom is -0.331 e. The summed E-state index contributed by atoms with van der Waals surface area (Å²) >= 11 is 0. The summed E-state index contributed by atoms with van der Waals surface area (Å²) in [7, 11) is 3.66. The van der Waals surface area contributed by atoms with E-state index in [1.807, 2.05) is 25.1 Å². The van der Waals surface area contributed by atoms with Gasteiger partial charge in [0.15, 0.2) is 0 Å². The normalized spacial score (nSPS) is 22.5. The average Bonchev–Trinajstić information content (AvgIpc) is 3.16. The molecule has 1 aliphatic carbocycles. The van der Waals surface area contributed by atoms with Crippen LogP contribution in [0.1, 0.15) is 37.3 Å². The summed E-state index contributed by atoms with van der Waals surface area (Å²) in [5, 5.41) is 0. The molecule has 1 aliphatic heterocycles. The second-order valence-corrected chi connectivity index (χ2v) is 6.38. The quantitative estimate of drug-likeness (QED) is 0.757. The summed E-state index contributed by atoms with van der Waals surface area (Å²) < 4.78 is 0. The topological polar surface area (TPSA) is 23.6 Å². The number of carbonyl (C=O) groups is 1. The van der Waals surface area contributed by atoms with Crippen LogP contribution in [-0.4, -0.2) is 36.5 Å². The molecule has 3 rings (SSSR count). The molecule has 0 radical (unpaired) electrons. The van der Waals surface area contributed by atoms with Crippen LogP contribution in [0.2, 0.25) is 0 Å². The summed E-state index contributed by atoms with van der Waals surface area (Å²) in [5.74, 6) is 0.691. The van der Waals surface area contributed by atoms with E-state index in [0.29, 0.717) is 5.92 Å². The van der Waals surface area contributed by atoms with Gasteiger partial charge in [0.05, 0.1) is 6.04 Å². The standard InChI is InChI=1S/C18H24N2O/c1-19(2)18(21)20-13-16(14-8-6-7-9-14)12-17(20)15-10-4-3-5-11-15/h3-5,10-12,14,17H,6-9,13H2,1-2H3/t17-/m0/s1. The summed E-state index contributed by atoms with van der Waals surface area (Å²) in [4.78, 5) is 16.2. The van der Waals surface area contributed by atoms with Crippen molar-refractivity contribution >= 4 is 6.03 Å². The Morgan fingerprint density at radius 3 is 2.43 bits per heavy atom. The molecule has 0 aromatic heterocycles. The lowest BCUT2D eigenvalue weighted by molar-refractivity contribution is 0.169. The molecule has 3 nitrogen and oxygen atoms in total. The van der Waals surface area contributed by atoms with Gasteiger partial charge in [-0.3, -0.25) is 0 Å². The number of benzene rings is 1. The van der Waals surface area contributed by atoms with Crippen molar-refractivity contribution in [2.45, 2.75) is 31.7 Å². The molecule has 2 aliphatic rings. The van der Waals surface area contributed by atoms with Crippen molar-refractivity contribution in [3.05, 3.63) is 47.5 Å². The predicted octanol–water partition coefficient (Wildman–Crippen LogP) is 3.84. The van der Waals surface area contributed by atoms with Crippen LogP contribution in [0.3, 0.4) is 0 Å². The fourth-order valence-electron chi connectivity index (χ4n) is 3.57. The maximum Gasteiger partial charge on any atom is 0.320 e. The highest BCUT2D eigenvalue weighted by Crippen LogP contribution is 2.39. The van der Waals surface area contributed by atoms with Gasteiger partial charge in [-0.15, -0.1) is 0 Å². The van der Waals surface area contributed by atoms with Crippen LogP contribution in [0, 0.1) is 5.92 Å². The Bertz CT molecular complexity index is 529. The van der Waals surface area contributed by atoms with E-state index < -0.39 is 0 Å². The second-order valence-electron chi connectivity index (χ2n) is 6.38. The molecule has 0 unspecified atom stereocenters. The maximum absolute atomic E-state index is 12.5. The van der Waals surface area contributed by atoms with Gasteiger partial charge in [-0.05, 0) is 29.9 Å². The Kier molecular flexibility index (Phi) is 4.00. The van der Waals surface area contributed by atoms with Crippen molar-refractivity contribution in [3.63, 3.8) is 0 Å². The lowest BCUT2D eigenvalue weighted by atomic mass is 9.97. The van der Waals surface area contributed by atoms with Crippen LogP contribution in [-0.2, 0) is 0 Å². The third kappa shape index (κ3) is 2.82. The zero-order chi connectivity index (χ0) is 14.8. The minimum absolute atomic E-state index is 0.0942. The van der Waals surface area contributed by atoms with Gasteiger partial charge >= 0.3 is 6.03 Å². The van der Waals surface area contributed by atoms with Gasteiger partial charge in [0.1, 0.15) is 0 Å². The molecule has 1 atom stereocenters. The van der Waals surface area contributed by atoms with Gasteiger partial charge in [0.25, 0.3) is 0 Å². The van der Waals surface area contributed by atoms with Gasteiger partial charge in [-0.1, -0.05) is 49.2 Å². The average molecular weight is 284 g/mol. The number of hydrogen-bond acceptors (Lipinski definition) is 1. The molecule has 0 bridgehead atoms. The Hall–Kier alpha value is -1.77. The fraction of sp³-hybridized carbons (Fsp3) is 0.500. The van der Waals surface area contributed by atoms with E-state index >= 15 is 0 Å². The Balaban J connectivity index is 1.88. The molecule has 0 saturated heterocycles. The molecule has 3 heteroatoms. The van der Waals surface area contributed by atoms with Crippen LogP contribution in [0.4, 0.5) is 4.79 Å². The van der Waals surface area contributed by atoms with Gasteiger partial charge in [0, 0.05) is 20.6 Å². The molecule has 1 saturated carbocycles. The van der Waals surface area contributed by atoms with Crippen LogP contribution in [0.15, 0.2) is 42.0 Å². The van der Waals surface area contributed by atoms with Crippen molar-refractivity contribution in [2.75, 3.05) is 20.6 Å². The third-order valence-corrected chi connectivity index (χ3v) is 4.71. The molecule has 2 amide bonds. The van der Waals surface area contributed by atoms with Gasteiger partial charge in [-0.2, -0.15) is 0 Å². The van der Waals surface area contributed by atoms with E-state index in [4.69, 9.17) is 0 Å². The van der Waals surface area contributed by atoms with Crippen LogP contribution >= 0.6 is 0 Å². The summed E-state index contributed by atoms with van der Waals surface area (Å²) in [6.45, 7) is 0.793. The van der Waals surface area contributed by atoms with Crippen LogP contribution in [0.25, 0.3) is 0 Å². The first-order valence-electron chi connectivity index (χ1n) is 7.90. The minimum atomic E-state index is 0.0942. The first-order valence-corrected chi connectivity index (χ1v) is 7.90. The van der Waals surface area contributed by atoms with E-state index in [2.05, 4.69) is 30.3 Å². The third-order valence-electron chi connectivity index (χ3n) is 4.71. The van der Waals surface area contributed by atoms with Gasteiger partial charge < -0.3 is 9.80 Å². The number of urea groups is 1. The van der Waals surface area contributed by atoms with E-state index in [9.17, 15) is 4.79 Å². The molecule has 1 fully saturated rings. The largest absolute Gasteiger partial charge is 0.331 e. The SMILES string of the molecule is CN(C)C(=O)N1CC(C2CCCC2)=C[C@H]1c1ccccc1.